The first kappa shape index (κ1) is 17.5. The average molecular weight is 397 g/mol. The first-order valence-electron chi connectivity index (χ1n) is 8.15. The lowest BCUT2D eigenvalue weighted by Gasteiger charge is -2.05. The first-order chi connectivity index (χ1) is 13.1. The molecule has 0 saturated heterocycles. The van der Waals surface area contributed by atoms with Gasteiger partial charge in [0.05, 0.1) is 28.2 Å². The van der Waals surface area contributed by atoms with Crippen molar-refractivity contribution >= 4 is 29.4 Å². The van der Waals surface area contributed by atoms with Crippen LogP contribution in [0.15, 0.2) is 66.0 Å². The van der Waals surface area contributed by atoms with Crippen molar-refractivity contribution in [3.05, 3.63) is 82.4 Å². The van der Waals surface area contributed by atoms with Crippen LogP contribution in [-0.4, -0.2) is 30.9 Å². The Morgan fingerprint density at radius 3 is 2.52 bits per heavy atom. The van der Waals surface area contributed by atoms with Crippen molar-refractivity contribution in [1.82, 2.24) is 24.7 Å². The third-order valence-corrected chi connectivity index (χ3v) is 4.69. The Morgan fingerprint density at radius 1 is 1.00 bits per heavy atom. The van der Waals surface area contributed by atoms with E-state index in [1.54, 1.807) is 28.0 Å². The largest absolute Gasteiger partial charge is 0.220 e. The lowest BCUT2D eigenvalue weighted by molar-refractivity contribution is 0.863. The summed E-state index contributed by atoms with van der Waals surface area (Å²) in [6.45, 7) is 1.87. The number of nitrogens with zero attached hydrogens (tertiary/aromatic N) is 6. The van der Waals surface area contributed by atoms with E-state index in [1.165, 1.54) is 0 Å². The van der Waals surface area contributed by atoms with Crippen molar-refractivity contribution in [1.29, 1.82) is 0 Å². The third-order valence-electron chi connectivity index (χ3n) is 4.00. The molecule has 134 valence electrons. The predicted octanol–water partition coefficient (Wildman–Crippen LogP) is 4.63. The van der Waals surface area contributed by atoms with E-state index in [1.807, 2.05) is 55.5 Å². The SMILES string of the molecule is Cc1nn(-c2ccccc2Cl)c(Cl)c1/C=N\n1cnnc1-c1ccccc1. The van der Waals surface area contributed by atoms with Crippen molar-refractivity contribution in [2.45, 2.75) is 6.92 Å². The maximum Gasteiger partial charge on any atom is 0.184 e. The van der Waals surface area contributed by atoms with Crippen molar-refractivity contribution < 1.29 is 0 Å². The molecule has 0 N–H and O–H groups in total. The second-order valence-electron chi connectivity index (χ2n) is 5.76. The van der Waals surface area contributed by atoms with Gasteiger partial charge in [-0.2, -0.15) is 14.9 Å². The summed E-state index contributed by atoms with van der Waals surface area (Å²) in [5.41, 5.74) is 3.06. The van der Waals surface area contributed by atoms with Crippen molar-refractivity contribution in [3.63, 3.8) is 0 Å². The molecule has 0 bridgehead atoms. The summed E-state index contributed by atoms with van der Waals surface area (Å²) < 4.78 is 3.20. The monoisotopic (exact) mass is 396 g/mol. The standard InChI is InChI=1S/C19H14Cl2N6/c1-13-15(18(21)27(25-13)17-10-6-5-9-16(17)20)11-23-26-12-22-24-19(26)14-7-3-2-4-8-14/h2-12H,1H3/b23-11-. The molecule has 6 nitrogen and oxygen atoms in total. The second kappa shape index (κ2) is 7.34. The molecule has 0 amide bonds. The van der Waals surface area contributed by atoms with E-state index in [0.29, 0.717) is 27.3 Å². The van der Waals surface area contributed by atoms with E-state index in [4.69, 9.17) is 23.2 Å². The Hall–Kier alpha value is -2.96. The predicted molar refractivity (Wildman–Crippen MR) is 107 cm³/mol. The van der Waals surface area contributed by atoms with Gasteiger partial charge in [0.25, 0.3) is 0 Å². The van der Waals surface area contributed by atoms with Gasteiger partial charge in [-0.3, -0.25) is 0 Å². The minimum atomic E-state index is 0.429. The van der Waals surface area contributed by atoms with Crippen LogP contribution in [0.3, 0.4) is 0 Å². The molecule has 0 aliphatic rings. The molecule has 2 heterocycles. The van der Waals surface area contributed by atoms with Gasteiger partial charge in [0.15, 0.2) is 5.82 Å². The maximum atomic E-state index is 6.54. The average Bonchev–Trinajstić information content (AvgIpc) is 3.26. The Balaban J connectivity index is 1.71. The number of aromatic nitrogens is 5. The minimum Gasteiger partial charge on any atom is -0.220 e. The van der Waals surface area contributed by atoms with Crippen LogP contribution in [0.4, 0.5) is 0 Å². The second-order valence-corrected chi connectivity index (χ2v) is 6.53. The van der Waals surface area contributed by atoms with Gasteiger partial charge < -0.3 is 0 Å². The summed E-state index contributed by atoms with van der Waals surface area (Å²) in [7, 11) is 0. The Labute approximate surface area is 165 Å². The summed E-state index contributed by atoms with van der Waals surface area (Å²) in [6.07, 6.45) is 3.19. The number of hydrogen-bond donors (Lipinski definition) is 0. The van der Waals surface area contributed by atoms with Crippen LogP contribution in [0, 0.1) is 6.92 Å². The summed E-state index contributed by atoms with van der Waals surface area (Å²) in [4.78, 5) is 0. The normalized spacial score (nSPS) is 11.4. The van der Waals surface area contributed by atoms with Gasteiger partial charge in [0, 0.05) is 5.56 Å². The molecule has 8 heteroatoms. The molecule has 4 rings (SSSR count). The zero-order valence-corrected chi connectivity index (χ0v) is 15.8. The molecule has 27 heavy (non-hydrogen) atoms. The molecule has 0 saturated carbocycles. The number of para-hydroxylation sites is 1. The highest BCUT2D eigenvalue weighted by atomic mass is 35.5. The smallest absolute Gasteiger partial charge is 0.184 e. The highest BCUT2D eigenvalue weighted by Gasteiger charge is 2.15. The molecule has 0 unspecified atom stereocenters. The van der Waals surface area contributed by atoms with Gasteiger partial charge >= 0.3 is 0 Å². The summed E-state index contributed by atoms with van der Waals surface area (Å²) >= 11 is 12.8. The molecule has 0 spiro atoms. The highest BCUT2D eigenvalue weighted by Crippen LogP contribution is 2.26. The van der Waals surface area contributed by atoms with Gasteiger partial charge in [-0.25, -0.2) is 4.68 Å². The fourth-order valence-corrected chi connectivity index (χ4v) is 3.18. The topological polar surface area (TPSA) is 60.9 Å². The number of benzene rings is 2. The molecule has 4 aromatic rings. The molecular weight excluding hydrogens is 383 g/mol. The highest BCUT2D eigenvalue weighted by molar-refractivity contribution is 6.34. The fourth-order valence-electron chi connectivity index (χ4n) is 2.65. The van der Waals surface area contributed by atoms with Crippen LogP contribution in [0.5, 0.6) is 0 Å². The zero-order chi connectivity index (χ0) is 18.8. The number of halogens is 2. The lowest BCUT2D eigenvalue weighted by atomic mass is 10.2. The third kappa shape index (κ3) is 3.37. The van der Waals surface area contributed by atoms with E-state index in [-0.39, 0.29) is 0 Å². The molecule has 2 aromatic heterocycles. The summed E-state index contributed by atoms with van der Waals surface area (Å²) in [5.74, 6) is 0.638. The van der Waals surface area contributed by atoms with Crippen molar-refractivity contribution in [3.8, 4) is 17.1 Å². The van der Waals surface area contributed by atoms with Crippen LogP contribution in [0.25, 0.3) is 17.1 Å². The van der Waals surface area contributed by atoms with Crippen LogP contribution < -0.4 is 0 Å². The quantitative estimate of drug-likeness (QED) is 0.472. The Bertz CT molecular complexity index is 1110. The van der Waals surface area contributed by atoms with Crippen molar-refractivity contribution in [2.24, 2.45) is 5.10 Å². The molecule has 2 aromatic carbocycles. The number of rotatable bonds is 4. The van der Waals surface area contributed by atoms with Crippen LogP contribution in [0.2, 0.25) is 10.2 Å². The van der Waals surface area contributed by atoms with E-state index in [9.17, 15) is 0 Å². The van der Waals surface area contributed by atoms with Crippen LogP contribution >= 0.6 is 23.2 Å². The lowest BCUT2D eigenvalue weighted by Crippen LogP contribution is -1.97. The zero-order valence-electron chi connectivity index (χ0n) is 14.3. The van der Waals surface area contributed by atoms with E-state index in [2.05, 4.69) is 20.4 Å². The molecule has 0 fully saturated rings. The minimum absolute atomic E-state index is 0.429. The van der Waals surface area contributed by atoms with E-state index < -0.39 is 0 Å². The fraction of sp³-hybridized carbons (Fsp3) is 0.0526. The molecule has 0 aliphatic carbocycles. The number of hydrogen-bond acceptors (Lipinski definition) is 4. The molecule has 0 aliphatic heterocycles. The van der Waals surface area contributed by atoms with Crippen molar-refractivity contribution in [2.75, 3.05) is 0 Å². The van der Waals surface area contributed by atoms with E-state index >= 15 is 0 Å². The maximum absolute atomic E-state index is 6.54. The van der Waals surface area contributed by atoms with Gasteiger partial charge in [-0.15, -0.1) is 10.2 Å². The Morgan fingerprint density at radius 2 is 1.74 bits per heavy atom. The van der Waals surface area contributed by atoms with Gasteiger partial charge in [0.1, 0.15) is 11.5 Å². The summed E-state index contributed by atoms with van der Waals surface area (Å²) in [6, 6.07) is 17.1. The van der Waals surface area contributed by atoms with Gasteiger partial charge in [0.2, 0.25) is 0 Å². The molecule has 0 radical (unpaired) electrons. The van der Waals surface area contributed by atoms with Gasteiger partial charge in [-0.05, 0) is 19.1 Å². The van der Waals surface area contributed by atoms with Crippen LogP contribution in [-0.2, 0) is 0 Å². The van der Waals surface area contributed by atoms with Gasteiger partial charge in [-0.1, -0.05) is 65.7 Å². The number of aryl methyl sites for hydroxylation is 1. The molecular formula is C19H14Cl2N6. The first-order valence-corrected chi connectivity index (χ1v) is 8.90. The van der Waals surface area contributed by atoms with Crippen LogP contribution in [0.1, 0.15) is 11.3 Å². The summed E-state index contributed by atoms with van der Waals surface area (Å²) in [5, 5.41) is 18.0. The Kier molecular flexibility index (Phi) is 4.75. The molecule has 0 atom stereocenters. The van der Waals surface area contributed by atoms with E-state index in [0.717, 1.165) is 11.3 Å².